The smallest absolute Gasteiger partial charge is 0.0457 e. The van der Waals surface area contributed by atoms with E-state index in [0.29, 0.717) is 5.92 Å². The third kappa shape index (κ3) is 3.12. The second kappa shape index (κ2) is 6.03. The highest BCUT2D eigenvalue weighted by Gasteiger charge is 2.10. The SMILES string of the molecule is CC(C)CN(CCN)Cc1c[nH]c2ccccc12. The van der Waals surface area contributed by atoms with Gasteiger partial charge < -0.3 is 10.7 Å². The molecule has 0 aliphatic carbocycles. The van der Waals surface area contributed by atoms with Gasteiger partial charge in [0.2, 0.25) is 0 Å². The molecule has 1 aromatic carbocycles. The standard InChI is InChI=1S/C15H23N3/c1-12(2)10-18(8-7-16)11-13-9-17-15-6-4-3-5-14(13)15/h3-6,9,12,17H,7-8,10-11,16H2,1-2H3. The summed E-state index contributed by atoms with van der Waals surface area (Å²) in [6.45, 7) is 8.24. The third-order valence-electron chi connectivity index (χ3n) is 3.14. The molecule has 0 saturated heterocycles. The van der Waals surface area contributed by atoms with Gasteiger partial charge in [-0.1, -0.05) is 32.0 Å². The zero-order chi connectivity index (χ0) is 13.0. The number of nitrogens with one attached hydrogen (secondary N) is 1. The van der Waals surface area contributed by atoms with Crippen molar-refractivity contribution < 1.29 is 0 Å². The molecule has 3 nitrogen and oxygen atoms in total. The number of rotatable bonds is 6. The van der Waals surface area contributed by atoms with Crippen molar-refractivity contribution >= 4 is 10.9 Å². The maximum Gasteiger partial charge on any atom is 0.0457 e. The van der Waals surface area contributed by atoms with Crippen LogP contribution in [0.4, 0.5) is 0 Å². The van der Waals surface area contributed by atoms with Gasteiger partial charge in [0.15, 0.2) is 0 Å². The lowest BCUT2D eigenvalue weighted by Crippen LogP contribution is -2.32. The maximum absolute atomic E-state index is 5.70. The van der Waals surface area contributed by atoms with Crippen molar-refractivity contribution in [2.24, 2.45) is 11.7 Å². The van der Waals surface area contributed by atoms with Gasteiger partial charge in [0.25, 0.3) is 0 Å². The van der Waals surface area contributed by atoms with Crippen LogP contribution in [0.2, 0.25) is 0 Å². The fourth-order valence-electron chi connectivity index (χ4n) is 2.44. The molecule has 0 amide bonds. The van der Waals surface area contributed by atoms with Crippen LogP contribution in [0.15, 0.2) is 30.5 Å². The quantitative estimate of drug-likeness (QED) is 0.821. The van der Waals surface area contributed by atoms with Crippen LogP contribution in [0.3, 0.4) is 0 Å². The first kappa shape index (κ1) is 13.1. The molecule has 98 valence electrons. The zero-order valence-electron chi connectivity index (χ0n) is 11.3. The first-order valence-corrected chi connectivity index (χ1v) is 6.68. The Morgan fingerprint density at radius 1 is 1.28 bits per heavy atom. The largest absolute Gasteiger partial charge is 0.361 e. The highest BCUT2D eigenvalue weighted by Crippen LogP contribution is 2.19. The molecular formula is C15H23N3. The summed E-state index contributed by atoms with van der Waals surface area (Å²) in [5.74, 6) is 0.668. The Morgan fingerprint density at radius 3 is 2.78 bits per heavy atom. The minimum absolute atomic E-state index is 0.668. The fourth-order valence-corrected chi connectivity index (χ4v) is 2.44. The van der Waals surface area contributed by atoms with E-state index in [1.165, 1.54) is 16.5 Å². The summed E-state index contributed by atoms with van der Waals surface area (Å²) in [6, 6.07) is 8.45. The Morgan fingerprint density at radius 2 is 2.06 bits per heavy atom. The van der Waals surface area contributed by atoms with Crippen molar-refractivity contribution in [3.05, 3.63) is 36.0 Å². The minimum atomic E-state index is 0.668. The Kier molecular flexibility index (Phi) is 4.39. The summed E-state index contributed by atoms with van der Waals surface area (Å²) >= 11 is 0. The topological polar surface area (TPSA) is 45.0 Å². The lowest BCUT2D eigenvalue weighted by Gasteiger charge is -2.23. The molecule has 3 heteroatoms. The number of H-pyrrole nitrogens is 1. The molecule has 0 spiro atoms. The molecule has 0 fully saturated rings. The van der Waals surface area contributed by atoms with Crippen LogP contribution >= 0.6 is 0 Å². The number of nitrogens with two attached hydrogens (primary N) is 1. The van der Waals surface area contributed by atoms with Gasteiger partial charge in [-0.15, -0.1) is 0 Å². The normalized spacial score (nSPS) is 11.8. The summed E-state index contributed by atoms with van der Waals surface area (Å²) in [7, 11) is 0. The van der Waals surface area contributed by atoms with Crippen LogP contribution < -0.4 is 5.73 Å². The van der Waals surface area contributed by atoms with Crippen molar-refractivity contribution in [1.29, 1.82) is 0 Å². The number of para-hydroxylation sites is 1. The highest BCUT2D eigenvalue weighted by molar-refractivity contribution is 5.82. The molecule has 18 heavy (non-hydrogen) atoms. The number of aromatic nitrogens is 1. The van der Waals surface area contributed by atoms with Crippen LogP contribution in [-0.2, 0) is 6.54 Å². The molecule has 0 atom stereocenters. The molecule has 0 aliphatic rings. The summed E-state index contributed by atoms with van der Waals surface area (Å²) in [6.07, 6.45) is 2.12. The fraction of sp³-hybridized carbons (Fsp3) is 0.467. The minimum Gasteiger partial charge on any atom is -0.361 e. The van der Waals surface area contributed by atoms with Gasteiger partial charge in [-0.2, -0.15) is 0 Å². The molecule has 2 rings (SSSR count). The Hall–Kier alpha value is -1.32. The number of hydrogen-bond donors (Lipinski definition) is 2. The zero-order valence-corrected chi connectivity index (χ0v) is 11.3. The first-order valence-electron chi connectivity index (χ1n) is 6.68. The maximum atomic E-state index is 5.70. The summed E-state index contributed by atoms with van der Waals surface area (Å²) < 4.78 is 0. The van der Waals surface area contributed by atoms with Crippen molar-refractivity contribution in [2.75, 3.05) is 19.6 Å². The molecule has 0 aliphatic heterocycles. The van der Waals surface area contributed by atoms with Gasteiger partial charge in [-0.05, 0) is 17.5 Å². The highest BCUT2D eigenvalue weighted by atomic mass is 15.1. The van der Waals surface area contributed by atoms with E-state index in [-0.39, 0.29) is 0 Å². The van der Waals surface area contributed by atoms with E-state index in [4.69, 9.17) is 5.73 Å². The van der Waals surface area contributed by atoms with Crippen molar-refractivity contribution in [1.82, 2.24) is 9.88 Å². The van der Waals surface area contributed by atoms with Crippen LogP contribution in [0, 0.1) is 5.92 Å². The number of nitrogens with zero attached hydrogens (tertiary/aromatic N) is 1. The molecular weight excluding hydrogens is 222 g/mol. The average molecular weight is 245 g/mol. The van der Waals surface area contributed by atoms with E-state index in [1.54, 1.807) is 0 Å². The van der Waals surface area contributed by atoms with Crippen molar-refractivity contribution in [2.45, 2.75) is 20.4 Å². The van der Waals surface area contributed by atoms with Crippen LogP contribution in [0.25, 0.3) is 10.9 Å². The Bertz CT molecular complexity index is 487. The van der Waals surface area contributed by atoms with Crippen molar-refractivity contribution in [3.63, 3.8) is 0 Å². The van der Waals surface area contributed by atoms with Gasteiger partial charge in [-0.25, -0.2) is 0 Å². The van der Waals surface area contributed by atoms with Gasteiger partial charge in [-0.3, -0.25) is 4.90 Å². The lowest BCUT2D eigenvalue weighted by molar-refractivity contribution is 0.243. The predicted molar refractivity (Wildman–Crippen MR) is 77.5 cm³/mol. The second-order valence-corrected chi connectivity index (χ2v) is 5.28. The summed E-state index contributed by atoms with van der Waals surface area (Å²) in [5.41, 5.74) is 8.27. The lowest BCUT2D eigenvalue weighted by atomic mass is 10.1. The van der Waals surface area contributed by atoms with E-state index in [2.05, 4.69) is 54.2 Å². The van der Waals surface area contributed by atoms with Crippen LogP contribution in [0.5, 0.6) is 0 Å². The molecule has 0 saturated carbocycles. The van der Waals surface area contributed by atoms with E-state index in [1.807, 2.05) is 0 Å². The van der Waals surface area contributed by atoms with E-state index in [9.17, 15) is 0 Å². The Labute approximate surface area is 109 Å². The molecule has 2 aromatic rings. The first-order chi connectivity index (χ1) is 8.70. The monoisotopic (exact) mass is 245 g/mol. The van der Waals surface area contributed by atoms with Crippen LogP contribution in [-0.4, -0.2) is 29.5 Å². The molecule has 0 unspecified atom stereocenters. The van der Waals surface area contributed by atoms with E-state index >= 15 is 0 Å². The molecule has 1 aromatic heterocycles. The van der Waals surface area contributed by atoms with Crippen LogP contribution in [0.1, 0.15) is 19.4 Å². The van der Waals surface area contributed by atoms with Crippen molar-refractivity contribution in [3.8, 4) is 0 Å². The predicted octanol–water partition coefficient (Wildman–Crippen LogP) is 2.58. The number of aromatic amines is 1. The summed E-state index contributed by atoms with van der Waals surface area (Å²) in [4.78, 5) is 5.76. The summed E-state index contributed by atoms with van der Waals surface area (Å²) in [5, 5.41) is 1.32. The van der Waals surface area contributed by atoms with Gasteiger partial charge >= 0.3 is 0 Å². The van der Waals surface area contributed by atoms with E-state index in [0.717, 1.165) is 26.2 Å². The molecule has 1 heterocycles. The third-order valence-corrected chi connectivity index (χ3v) is 3.14. The second-order valence-electron chi connectivity index (χ2n) is 5.28. The number of hydrogen-bond acceptors (Lipinski definition) is 2. The molecule has 0 bridgehead atoms. The van der Waals surface area contributed by atoms with Gasteiger partial charge in [0.1, 0.15) is 0 Å². The van der Waals surface area contributed by atoms with E-state index < -0.39 is 0 Å². The average Bonchev–Trinajstić information content (AvgIpc) is 2.72. The number of fused-ring (bicyclic) bond motifs is 1. The molecule has 0 radical (unpaired) electrons. The van der Waals surface area contributed by atoms with Gasteiger partial charge in [0, 0.05) is 43.3 Å². The molecule has 3 N–H and O–H groups in total. The van der Waals surface area contributed by atoms with Gasteiger partial charge in [0.05, 0.1) is 0 Å². The number of benzene rings is 1. The Balaban J connectivity index is 2.15.